The molecule has 6 nitrogen and oxygen atoms in total. The van der Waals surface area contributed by atoms with Crippen molar-refractivity contribution in [1.29, 1.82) is 0 Å². The number of carbonyl (C=O) groups excluding carboxylic acids is 2. The third-order valence-electron chi connectivity index (χ3n) is 3.48. The summed E-state index contributed by atoms with van der Waals surface area (Å²) in [4.78, 5) is 25.0. The summed E-state index contributed by atoms with van der Waals surface area (Å²) in [6.07, 6.45) is -0.681. The van der Waals surface area contributed by atoms with Gasteiger partial charge >= 0.3 is 6.09 Å². The van der Waals surface area contributed by atoms with Gasteiger partial charge in [0.05, 0.1) is 12.1 Å². The highest BCUT2D eigenvalue weighted by molar-refractivity contribution is 6.32. The van der Waals surface area contributed by atoms with Crippen molar-refractivity contribution in [2.45, 2.75) is 32.4 Å². The average molecular weight is 391 g/mol. The van der Waals surface area contributed by atoms with E-state index in [1.165, 1.54) is 7.11 Å². The van der Waals surface area contributed by atoms with E-state index in [1.807, 2.05) is 6.07 Å². The highest BCUT2D eigenvalue weighted by atomic mass is 35.5. The summed E-state index contributed by atoms with van der Waals surface area (Å²) in [6.45, 7) is 5.26. The van der Waals surface area contributed by atoms with Crippen LogP contribution >= 0.6 is 11.6 Å². The number of benzene rings is 2. The first-order chi connectivity index (χ1) is 12.7. The van der Waals surface area contributed by atoms with E-state index < -0.39 is 23.6 Å². The maximum absolute atomic E-state index is 12.8. The van der Waals surface area contributed by atoms with Crippen LogP contribution in [-0.2, 0) is 9.53 Å². The van der Waals surface area contributed by atoms with Crippen LogP contribution in [0.1, 0.15) is 32.4 Å². The number of hydrogen-bond acceptors (Lipinski definition) is 4. The predicted molar refractivity (Wildman–Crippen MR) is 105 cm³/mol. The van der Waals surface area contributed by atoms with Crippen LogP contribution in [0.15, 0.2) is 48.5 Å². The molecule has 2 aromatic carbocycles. The van der Waals surface area contributed by atoms with Gasteiger partial charge in [-0.1, -0.05) is 41.9 Å². The van der Waals surface area contributed by atoms with Gasteiger partial charge in [-0.2, -0.15) is 0 Å². The van der Waals surface area contributed by atoms with Crippen molar-refractivity contribution in [2.75, 3.05) is 12.4 Å². The zero-order chi connectivity index (χ0) is 20.0. The minimum atomic E-state index is -0.929. The van der Waals surface area contributed by atoms with Crippen LogP contribution in [-0.4, -0.2) is 24.7 Å². The van der Waals surface area contributed by atoms with Gasteiger partial charge in [0.1, 0.15) is 17.4 Å². The Morgan fingerprint density at radius 2 is 1.74 bits per heavy atom. The van der Waals surface area contributed by atoms with Gasteiger partial charge in [0.25, 0.3) is 5.91 Å². The summed E-state index contributed by atoms with van der Waals surface area (Å²) in [5.74, 6) is 0.0782. The Labute approximate surface area is 163 Å². The fourth-order valence-corrected chi connectivity index (χ4v) is 2.59. The van der Waals surface area contributed by atoms with Crippen molar-refractivity contribution < 1.29 is 19.1 Å². The molecule has 0 aromatic heterocycles. The average Bonchev–Trinajstić information content (AvgIpc) is 2.59. The Bertz CT molecular complexity index is 803. The summed E-state index contributed by atoms with van der Waals surface area (Å²) < 4.78 is 10.4. The van der Waals surface area contributed by atoms with Gasteiger partial charge in [-0.25, -0.2) is 4.79 Å². The molecule has 27 heavy (non-hydrogen) atoms. The molecule has 144 valence electrons. The number of carbonyl (C=O) groups is 2. The van der Waals surface area contributed by atoms with Gasteiger partial charge in [-0.05, 0) is 44.5 Å². The molecule has 0 unspecified atom stereocenters. The van der Waals surface area contributed by atoms with E-state index >= 15 is 0 Å². The minimum absolute atomic E-state index is 0.367. The van der Waals surface area contributed by atoms with E-state index in [0.29, 0.717) is 22.0 Å². The zero-order valence-corrected chi connectivity index (χ0v) is 16.5. The molecule has 0 aliphatic rings. The molecule has 2 rings (SSSR count). The number of halogens is 1. The van der Waals surface area contributed by atoms with Crippen molar-refractivity contribution in [1.82, 2.24) is 5.32 Å². The molecule has 0 aliphatic carbocycles. The Kier molecular flexibility index (Phi) is 6.69. The molecule has 0 saturated heterocycles. The van der Waals surface area contributed by atoms with Crippen LogP contribution in [0.2, 0.25) is 5.02 Å². The van der Waals surface area contributed by atoms with E-state index in [2.05, 4.69) is 10.6 Å². The van der Waals surface area contributed by atoms with E-state index in [-0.39, 0.29) is 0 Å². The smallest absolute Gasteiger partial charge is 0.408 e. The summed E-state index contributed by atoms with van der Waals surface area (Å²) in [6, 6.07) is 12.9. The number of nitrogens with one attached hydrogen (secondary N) is 2. The van der Waals surface area contributed by atoms with Gasteiger partial charge in [0.15, 0.2) is 0 Å². The van der Waals surface area contributed by atoms with Crippen molar-refractivity contribution in [3.8, 4) is 5.75 Å². The first-order valence-corrected chi connectivity index (χ1v) is 8.76. The minimum Gasteiger partial charge on any atom is -0.495 e. The van der Waals surface area contributed by atoms with Crippen LogP contribution in [0.5, 0.6) is 5.75 Å². The fraction of sp³-hybridized carbons (Fsp3) is 0.300. The van der Waals surface area contributed by atoms with Crippen molar-refractivity contribution in [3.05, 3.63) is 59.1 Å². The SMILES string of the molecule is COc1ccc(NC(=O)[C@@H](NC(=O)OC(C)(C)C)c2ccccc2)cc1Cl. The van der Waals surface area contributed by atoms with Crippen LogP contribution in [0.4, 0.5) is 10.5 Å². The third kappa shape index (κ3) is 6.18. The normalized spacial score (nSPS) is 12.0. The molecular weight excluding hydrogens is 368 g/mol. The lowest BCUT2D eigenvalue weighted by Crippen LogP contribution is -2.40. The summed E-state index contributed by atoms with van der Waals surface area (Å²) in [5, 5.41) is 5.74. The number of alkyl carbamates (subject to hydrolysis) is 1. The van der Waals surface area contributed by atoms with Crippen LogP contribution in [0, 0.1) is 0 Å². The molecule has 2 N–H and O–H groups in total. The summed E-state index contributed by atoms with van der Waals surface area (Å²) in [5.41, 5.74) is 0.434. The van der Waals surface area contributed by atoms with Gasteiger partial charge in [0, 0.05) is 5.69 Å². The third-order valence-corrected chi connectivity index (χ3v) is 3.77. The number of amides is 2. The molecular formula is C20H23ClN2O4. The van der Waals surface area contributed by atoms with Crippen LogP contribution in [0.25, 0.3) is 0 Å². The first-order valence-electron chi connectivity index (χ1n) is 8.38. The molecule has 2 aromatic rings. The lowest BCUT2D eigenvalue weighted by atomic mass is 10.1. The summed E-state index contributed by atoms with van der Waals surface area (Å²) >= 11 is 6.10. The largest absolute Gasteiger partial charge is 0.495 e. The van der Waals surface area contributed by atoms with E-state index in [9.17, 15) is 9.59 Å². The molecule has 2 amide bonds. The van der Waals surface area contributed by atoms with Gasteiger partial charge in [-0.15, -0.1) is 0 Å². The number of ether oxygens (including phenoxy) is 2. The highest BCUT2D eigenvalue weighted by Gasteiger charge is 2.26. The van der Waals surface area contributed by atoms with Gasteiger partial charge < -0.3 is 20.1 Å². The van der Waals surface area contributed by atoms with E-state index in [1.54, 1.807) is 63.2 Å². The van der Waals surface area contributed by atoms with E-state index in [4.69, 9.17) is 21.1 Å². The number of hydrogen-bond donors (Lipinski definition) is 2. The summed E-state index contributed by atoms with van der Waals surface area (Å²) in [7, 11) is 1.51. The Hall–Kier alpha value is -2.73. The Balaban J connectivity index is 2.21. The van der Waals surface area contributed by atoms with Gasteiger partial charge in [-0.3, -0.25) is 4.79 Å². The molecule has 0 saturated carbocycles. The number of rotatable bonds is 5. The second-order valence-corrected chi connectivity index (χ2v) is 7.24. The van der Waals surface area contributed by atoms with Crippen molar-refractivity contribution in [3.63, 3.8) is 0 Å². The Morgan fingerprint density at radius 1 is 1.07 bits per heavy atom. The quantitative estimate of drug-likeness (QED) is 0.785. The van der Waals surface area contributed by atoms with Crippen molar-refractivity contribution in [2.24, 2.45) is 0 Å². The maximum Gasteiger partial charge on any atom is 0.408 e. The molecule has 0 radical (unpaired) electrons. The highest BCUT2D eigenvalue weighted by Crippen LogP contribution is 2.28. The van der Waals surface area contributed by atoms with Gasteiger partial charge in [0.2, 0.25) is 0 Å². The number of methoxy groups -OCH3 is 1. The molecule has 1 atom stereocenters. The number of anilines is 1. The van der Waals surface area contributed by atoms with Crippen LogP contribution in [0.3, 0.4) is 0 Å². The fourth-order valence-electron chi connectivity index (χ4n) is 2.33. The maximum atomic E-state index is 12.8. The second kappa shape index (κ2) is 8.77. The molecule has 0 bridgehead atoms. The lowest BCUT2D eigenvalue weighted by molar-refractivity contribution is -0.118. The monoisotopic (exact) mass is 390 g/mol. The van der Waals surface area contributed by atoms with Crippen LogP contribution < -0.4 is 15.4 Å². The Morgan fingerprint density at radius 3 is 2.30 bits per heavy atom. The van der Waals surface area contributed by atoms with E-state index in [0.717, 1.165) is 0 Å². The predicted octanol–water partition coefficient (Wildman–Crippen LogP) is 4.55. The zero-order valence-electron chi connectivity index (χ0n) is 15.7. The topological polar surface area (TPSA) is 76.7 Å². The molecule has 0 fully saturated rings. The second-order valence-electron chi connectivity index (χ2n) is 6.83. The first kappa shape index (κ1) is 20.6. The molecule has 0 spiro atoms. The molecule has 7 heteroatoms. The molecule has 0 aliphatic heterocycles. The standard InChI is InChI=1S/C20H23ClN2O4/c1-20(2,3)27-19(25)23-17(13-8-6-5-7-9-13)18(24)22-14-10-11-16(26-4)15(21)12-14/h5-12,17H,1-4H3,(H,22,24)(H,23,25)/t17-/m0/s1. The van der Waals surface area contributed by atoms with Crippen molar-refractivity contribution >= 4 is 29.3 Å². The molecule has 0 heterocycles. The lowest BCUT2D eigenvalue weighted by Gasteiger charge is -2.23.